The van der Waals surface area contributed by atoms with Gasteiger partial charge in [0, 0.05) is 19.7 Å². The van der Waals surface area contributed by atoms with Crippen LogP contribution in [0.25, 0.3) is 0 Å². The molecule has 0 atom stereocenters. The molecule has 2 N–H and O–H groups in total. The number of ether oxygens (including phenoxy) is 1. The van der Waals surface area contributed by atoms with Crippen molar-refractivity contribution in [3.8, 4) is 5.75 Å². The second kappa shape index (κ2) is 7.28. The molecule has 1 aromatic carbocycles. The SMILES string of the molecule is CC(C)COCCNCc1cc(F)c(O)c(F)c1. The second-order valence-corrected chi connectivity index (χ2v) is 4.55. The van der Waals surface area contributed by atoms with Crippen LogP contribution in [0.4, 0.5) is 8.78 Å². The lowest BCUT2D eigenvalue weighted by molar-refractivity contribution is 0.111. The first-order valence-electron chi connectivity index (χ1n) is 5.96. The van der Waals surface area contributed by atoms with Gasteiger partial charge in [-0.3, -0.25) is 0 Å². The Hall–Kier alpha value is -1.20. The molecule has 102 valence electrons. The molecule has 0 aliphatic rings. The highest BCUT2D eigenvalue weighted by Gasteiger charge is 2.08. The van der Waals surface area contributed by atoms with Crippen molar-refractivity contribution >= 4 is 0 Å². The van der Waals surface area contributed by atoms with Gasteiger partial charge in [-0.15, -0.1) is 0 Å². The summed E-state index contributed by atoms with van der Waals surface area (Å²) in [6.45, 7) is 6.33. The Morgan fingerprint density at radius 2 is 1.89 bits per heavy atom. The first kappa shape index (κ1) is 14.9. The number of rotatable bonds is 7. The molecule has 1 aromatic rings. The van der Waals surface area contributed by atoms with E-state index in [1.54, 1.807) is 0 Å². The zero-order valence-corrected chi connectivity index (χ0v) is 10.7. The molecule has 0 radical (unpaired) electrons. The van der Waals surface area contributed by atoms with Crippen molar-refractivity contribution in [2.45, 2.75) is 20.4 Å². The summed E-state index contributed by atoms with van der Waals surface area (Å²) >= 11 is 0. The third-order valence-electron chi connectivity index (χ3n) is 2.28. The van der Waals surface area contributed by atoms with E-state index < -0.39 is 17.4 Å². The first-order valence-corrected chi connectivity index (χ1v) is 5.96. The van der Waals surface area contributed by atoms with E-state index in [9.17, 15) is 8.78 Å². The maximum atomic E-state index is 13.0. The number of phenols is 1. The standard InChI is InChI=1S/C13H19F2NO2/c1-9(2)8-18-4-3-16-7-10-5-11(14)13(17)12(15)6-10/h5-6,9,16-17H,3-4,7-8H2,1-2H3. The van der Waals surface area contributed by atoms with Crippen LogP contribution in [0.1, 0.15) is 19.4 Å². The highest BCUT2D eigenvalue weighted by molar-refractivity contribution is 5.29. The monoisotopic (exact) mass is 259 g/mol. The zero-order chi connectivity index (χ0) is 13.5. The predicted octanol–water partition coefficient (Wildman–Crippen LogP) is 2.43. The van der Waals surface area contributed by atoms with Crippen LogP contribution in [-0.4, -0.2) is 24.9 Å². The van der Waals surface area contributed by atoms with Gasteiger partial charge < -0.3 is 15.2 Å². The number of hydrogen-bond donors (Lipinski definition) is 2. The van der Waals surface area contributed by atoms with Gasteiger partial charge in [0.2, 0.25) is 0 Å². The molecule has 0 aromatic heterocycles. The van der Waals surface area contributed by atoms with Gasteiger partial charge in [0.15, 0.2) is 17.4 Å². The predicted molar refractivity (Wildman–Crippen MR) is 65.4 cm³/mol. The highest BCUT2D eigenvalue weighted by Crippen LogP contribution is 2.21. The molecule has 5 heteroatoms. The Bertz CT molecular complexity index is 360. The lowest BCUT2D eigenvalue weighted by atomic mass is 10.2. The molecule has 0 unspecified atom stereocenters. The van der Waals surface area contributed by atoms with Crippen LogP contribution in [0.3, 0.4) is 0 Å². The lowest BCUT2D eigenvalue weighted by Crippen LogP contribution is -2.20. The summed E-state index contributed by atoms with van der Waals surface area (Å²) in [6.07, 6.45) is 0. The quantitative estimate of drug-likeness (QED) is 0.739. The third kappa shape index (κ3) is 4.98. The van der Waals surface area contributed by atoms with E-state index in [1.807, 2.05) is 0 Å². The number of phenolic OH excluding ortho intramolecular Hbond substituents is 1. The summed E-state index contributed by atoms with van der Waals surface area (Å²) in [5, 5.41) is 11.9. The summed E-state index contributed by atoms with van der Waals surface area (Å²) in [7, 11) is 0. The Morgan fingerprint density at radius 1 is 1.28 bits per heavy atom. The molecule has 0 aliphatic carbocycles. The molecule has 0 aliphatic heterocycles. The van der Waals surface area contributed by atoms with Gasteiger partial charge in [-0.2, -0.15) is 0 Å². The van der Waals surface area contributed by atoms with Crippen molar-refractivity contribution in [2.24, 2.45) is 5.92 Å². The van der Waals surface area contributed by atoms with Gasteiger partial charge in [0.05, 0.1) is 6.61 Å². The van der Waals surface area contributed by atoms with Crippen LogP contribution < -0.4 is 5.32 Å². The normalized spacial score (nSPS) is 11.2. The van der Waals surface area contributed by atoms with Crippen LogP contribution in [0, 0.1) is 17.6 Å². The zero-order valence-electron chi connectivity index (χ0n) is 10.7. The van der Waals surface area contributed by atoms with E-state index in [0.717, 1.165) is 12.1 Å². The molecule has 0 bridgehead atoms. The van der Waals surface area contributed by atoms with Crippen LogP contribution in [0.5, 0.6) is 5.75 Å². The molecule has 18 heavy (non-hydrogen) atoms. The number of benzene rings is 1. The number of hydrogen-bond acceptors (Lipinski definition) is 3. The molecular weight excluding hydrogens is 240 g/mol. The second-order valence-electron chi connectivity index (χ2n) is 4.55. The summed E-state index contributed by atoms with van der Waals surface area (Å²) < 4.78 is 31.4. The maximum absolute atomic E-state index is 13.0. The molecule has 0 heterocycles. The number of aromatic hydroxyl groups is 1. The Kier molecular flexibility index (Phi) is 6.01. The first-order chi connectivity index (χ1) is 8.50. The van der Waals surface area contributed by atoms with Gasteiger partial charge in [-0.25, -0.2) is 8.78 Å². The summed E-state index contributed by atoms with van der Waals surface area (Å²) in [5.74, 6) is -2.32. The maximum Gasteiger partial charge on any atom is 0.187 e. The molecular formula is C13H19F2NO2. The fourth-order valence-electron chi connectivity index (χ4n) is 1.42. The summed E-state index contributed by atoms with van der Waals surface area (Å²) in [5.41, 5.74) is 0.451. The molecule has 3 nitrogen and oxygen atoms in total. The minimum absolute atomic E-state index is 0.332. The molecule has 0 amide bonds. The minimum atomic E-state index is -0.942. The molecule has 0 spiro atoms. The van der Waals surface area contributed by atoms with Gasteiger partial charge in [0.25, 0.3) is 0 Å². The fraction of sp³-hybridized carbons (Fsp3) is 0.538. The van der Waals surface area contributed by atoms with Crippen LogP contribution >= 0.6 is 0 Å². The average molecular weight is 259 g/mol. The van der Waals surface area contributed by atoms with E-state index in [1.165, 1.54) is 0 Å². The summed E-state index contributed by atoms with van der Waals surface area (Å²) in [4.78, 5) is 0. The van der Waals surface area contributed by atoms with Crippen LogP contribution in [-0.2, 0) is 11.3 Å². The summed E-state index contributed by atoms with van der Waals surface area (Å²) in [6, 6.07) is 2.22. The van der Waals surface area contributed by atoms with Crippen molar-refractivity contribution in [3.05, 3.63) is 29.3 Å². The third-order valence-corrected chi connectivity index (χ3v) is 2.28. The van der Waals surface area contributed by atoms with Gasteiger partial charge >= 0.3 is 0 Å². The largest absolute Gasteiger partial charge is 0.503 e. The van der Waals surface area contributed by atoms with E-state index in [2.05, 4.69) is 19.2 Å². The fourth-order valence-corrected chi connectivity index (χ4v) is 1.42. The van der Waals surface area contributed by atoms with Crippen LogP contribution in [0.15, 0.2) is 12.1 Å². The van der Waals surface area contributed by atoms with E-state index in [0.29, 0.717) is 37.8 Å². The molecule has 0 fully saturated rings. The number of nitrogens with one attached hydrogen (secondary N) is 1. The minimum Gasteiger partial charge on any atom is -0.503 e. The van der Waals surface area contributed by atoms with E-state index >= 15 is 0 Å². The van der Waals surface area contributed by atoms with E-state index in [-0.39, 0.29) is 0 Å². The van der Waals surface area contributed by atoms with E-state index in [4.69, 9.17) is 9.84 Å². The lowest BCUT2D eigenvalue weighted by Gasteiger charge is -2.08. The van der Waals surface area contributed by atoms with Gasteiger partial charge in [-0.05, 0) is 23.6 Å². The van der Waals surface area contributed by atoms with Gasteiger partial charge in [-0.1, -0.05) is 13.8 Å². The highest BCUT2D eigenvalue weighted by atomic mass is 19.1. The van der Waals surface area contributed by atoms with Crippen molar-refractivity contribution < 1.29 is 18.6 Å². The van der Waals surface area contributed by atoms with Gasteiger partial charge in [0.1, 0.15) is 0 Å². The average Bonchev–Trinajstić information content (AvgIpc) is 2.30. The Morgan fingerprint density at radius 3 is 2.44 bits per heavy atom. The topological polar surface area (TPSA) is 41.5 Å². The molecule has 1 rings (SSSR count). The Balaban J connectivity index is 2.27. The molecule has 0 saturated carbocycles. The van der Waals surface area contributed by atoms with Crippen molar-refractivity contribution in [1.29, 1.82) is 0 Å². The Labute approximate surface area is 106 Å². The number of halogens is 2. The van der Waals surface area contributed by atoms with Crippen molar-refractivity contribution in [3.63, 3.8) is 0 Å². The van der Waals surface area contributed by atoms with Crippen molar-refractivity contribution in [2.75, 3.05) is 19.8 Å². The van der Waals surface area contributed by atoms with Crippen molar-refractivity contribution in [1.82, 2.24) is 5.32 Å². The smallest absolute Gasteiger partial charge is 0.187 e. The molecule has 0 saturated heterocycles. The van der Waals surface area contributed by atoms with Crippen LogP contribution in [0.2, 0.25) is 0 Å².